The van der Waals surface area contributed by atoms with E-state index in [0.717, 1.165) is 0 Å². The Bertz CT molecular complexity index is 543. The van der Waals surface area contributed by atoms with Crippen molar-refractivity contribution in [2.24, 2.45) is 7.05 Å². The van der Waals surface area contributed by atoms with E-state index in [-0.39, 0.29) is 24.1 Å². The molecule has 0 unspecified atom stereocenters. The number of oxazole rings is 1. The molecule has 0 saturated carbocycles. The highest BCUT2D eigenvalue weighted by Gasteiger charge is 2.21. The van der Waals surface area contributed by atoms with Crippen LogP contribution in [0.25, 0.3) is 11.6 Å². The number of hydrogen-bond acceptors (Lipinski definition) is 6. The summed E-state index contributed by atoms with van der Waals surface area (Å²) >= 11 is 0. The van der Waals surface area contributed by atoms with Crippen molar-refractivity contribution in [1.29, 1.82) is 0 Å². The van der Waals surface area contributed by atoms with Gasteiger partial charge in [-0.15, -0.1) is 0 Å². The molecule has 2 rings (SSSR count). The number of carbonyl (C=O) groups excluding carboxylic acids is 1. The van der Waals surface area contributed by atoms with Crippen LogP contribution in [0.1, 0.15) is 17.4 Å². The Morgan fingerprint density at radius 2 is 2.41 bits per heavy atom. The molecule has 2 heterocycles. The normalized spacial score (nSPS) is 10.5. The number of nitrogens with two attached hydrogens (primary N) is 1. The summed E-state index contributed by atoms with van der Waals surface area (Å²) in [6.45, 7) is 1.96. The van der Waals surface area contributed by atoms with Gasteiger partial charge in [-0.2, -0.15) is 10.1 Å². The Morgan fingerprint density at radius 3 is 3.00 bits per heavy atom. The minimum absolute atomic E-state index is 0.0111. The topological polar surface area (TPSA) is 96.2 Å². The van der Waals surface area contributed by atoms with Crippen LogP contribution in [-0.4, -0.2) is 27.3 Å². The highest BCUT2D eigenvalue weighted by atomic mass is 16.5. The Labute approximate surface area is 97.2 Å². The molecule has 0 fully saturated rings. The molecule has 0 amide bonds. The molecule has 0 saturated heterocycles. The number of carbonyl (C=O) groups is 1. The molecule has 90 valence electrons. The summed E-state index contributed by atoms with van der Waals surface area (Å²) in [6.07, 6.45) is 1.60. The minimum Gasteiger partial charge on any atom is -0.461 e. The van der Waals surface area contributed by atoms with Crippen molar-refractivity contribution in [3.63, 3.8) is 0 Å². The lowest BCUT2D eigenvalue weighted by Gasteiger charge is -1.96. The monoisotopic (exact) mass is 236 g/mol. The van der Waals surface area contributed by atoms with Crippen LogP contribution in [0.3, 0.4) is 0 Å². The van der Waals surface area contributed by atoms with E-state index in [9.17, 15) is 4.79 Å². The van der Waals surface area contributed by atoms with Crippen LogP contribution in [-0.2, 0) is 11.8 Å². The minimum atomic E-state index is -0.595. The molecule has 7 nitrogen and oxygen atoms in total. The molecule has 0 aliphatic carbocycles. The van der Waals surface area contributed by atoms with Crippen molar-refractivity contribution in [2.75, 3.05) is 12.3 Å². The van der Waals surface area contributed by atoms with E-state index in [2.05, 4.69) is 10.1 Å². The van der Waals surface area contributed by atoms with Crippen molar-refractivity contribution < 1.29 is 13.9 Å². The van der Waals surface area contributed by atoms with E-state index in [1.807, 2.05) is 0 Å². The van der Waals surface area contributed by atoms with Gasteiger partial charge in [0.1, 0.15) is 5.69 Å². The third-order valence-electron chi connectivity index (χ3n) is 2.16. The smallest absolute Gasteiger partial charge is 0.362 e. The van der Waals surface area contributed by atoms with E-state index in [1.54, 1.807) is 30.9 Å². The van der Waals surface area contributed by atoms with Crippen LogP contribution in [0.2, 0.25) is 0 Å². The summed E-state index contributed by atoms with van der Waals surface area (Å²) in [4.78, 5) is 15.5. The largest absolute Gasteiger partial charge is 0.461 e. The van der Waals surface area contributed by atoms with Crippen molar-refractivity contribution in [2.45, 2.75) is 6.92 Å². The number of esters is 1. The molecule has 0 bridgehead atoms. The van der Waals surface area contributed by atoms with Gasteiger partial charge in [0.05, 0.1) is 6.61 Å². The van der Waals surface area contributed by atoms with Gasteiger partial charge in [0, 0.05) is 13.2 Å². The molecule has 0 aliphatic heterocycles. The average Bonchev–Trinajstić information content (AvgIpc) is 2.84. The van der Waals surface area contributed by atoms with Crippen molar-refractivity contribution in [3.8, 4) is 11.6 Å². The summed E-state index contributed by atoms with van der Waals surface area (Å²) in [5.41, 5.74) is 6.19. The van der Waals surface area contributed by atoms with Crippen molar-refractivity contribution in [3.05, 3.63) is 18.0 Å². The second kappa shape index (κ2) is 4.28. The highest BCUT2D eigenvalue weighted by Crippen LogP contribution is 2.23. The zero-order chi connectivity index (χ0) is 12.4. The van der Waals surface area contributed by atoms with Crippen molar-refractivity contribution >= 4 is 11.9 Å². The highest BCUT2D eigenvalue weighted by molar-refractivity contribution is 5.92. The van der Waals surface area contributed by atoms with Crippen molar-refractivity contribution in [1.82, 2.24) is 14.8 Å². The molecule has 17 heavy (non-hydrogen) atoms. The van der Waals surface area contributed by atoms with Gasteiger partial charge in [-0.05, 0) is 13.0 Å². The second-order valence-electron chi connectivity index (χ2n) is 3.29. The zero-order valence-electron chi connectivity index (χ0n) is 9.51. The summed E-state index contributed by atoms with van der Waals surface area (Å²) < 4.78 is 11.6. The SMILES string of the molecule is CCOC(=O)c1nc(-c2ccnn2C)oc1N. The fourth-order valence-electron chi connectivity index (χ4n) is 1.37. The molecule has 0 spiro atoms. The Hall–Kier alpha value is -2.31. The standard InChI is InChI=1S/C10H12N4O3/c1-3-16-10(15)7-8(11)17-9(13-7)6-4-5-12-14(6)2/h4-5H,3,11H2,1-2H3. The Morgan fingerprint density at radius 1 is 1.65 bits per heavy atom. The van der Waals surface area contributed by atoms with Gasteiger partial charge in [0.25, 0.3) is 0 Å². The molecule has 0 aliphatic rings. The van der Waals surface area contributed by atoms with Gasteiger partial charge in [-0.25, -0.2) is 4.79 Å². The van der Waals surface area contributed by atoms with Crippen LogP contribution in [0.15, 0.2) is 16.7 Å². The lowest BCUT2D eigenvalue weighted by Crippen LogP contribution is -2.07. The van der Waals surface area contributed by atoms with Gasteiger partial charge < -0.3 is 14.9 Å². The fraction of sp³-hybridized carbons (Fsp3) is 0.300. The van der Waals surface area contributed by atoms with Gasteiger partial charge in [0.2, 0.25) is 17.5 Å². The molecule has 0 radical (unpaired) electrons. The number of aromatic nitrogens is 3. The number of hydrogen-bond donors (Lipinski definition) is 1. The molecule has 2 aromatic rings. The van der Waals surface area contributed by atoms with Gasteiger partial charge in [-0.3, -0.25) is 4.68 Å². The Kier molecular flexibility index (Phi) is 2.82. The van der Waals surface area contributed by atoms with Crippen LogP contribution < -0.4 is 5.73 Å². The second-order valence-corrected chi connectivity index (χ2v) is 3.29. The average molecular weight is 236 g/mol. The maximum Gasteiger partial charge on any atom is 0.362 e. The van der Waals surface area contributed by atoms with Crippen LogP contribution in [0, 0.1) is 0 Å². The van der Waals surface area contributed by atoms with Gasteiger partial charge in [-0.1, -0.05) is 0 Å². The predicted octanol–water partition coefficient (Wildman–Crippen LogP) is 0.834. The number of rotatable bonds is 3. The van der Waals surface area contributed by atoms with Crippen LogP contribution in [0.5, 0.6) is 0 Å². The third kappa shape index (κ3) is 1.99. The van der Waals surface area contributed by atoms with Crippen LogP contribution >= 0.6 is 0 Å². The first-order chi connectivity index (χ1) is 8.13. The Balaban J connectivity index is 2.37. The molecule has 7 heteroatoms. The molecule has 2 aromatic heterocycles. The predicted molar refractivity (Wildman–Crippen MR) is 59.1 cm³/mol. The third-order valence-corrected chi connectivity index (χ3v) is 2.16. The summed E-state index contributed by atoms with van der Waals surface area (Å²) in [7, 11) is 1.74. The number of anilines is 1. The maximum atomic E-state index is 11.5. The summed E-state index contributed by atoms with van der Waals surface area (Å²) in [5, 5.41) is 3.97. The fourth-order valence-corrected chi connectivity index (χ4v) is 1.37. The first kappa shape index (κ1) is 11.2. The molecular weight excluding hydrogens is 224 g/mol. The maximum absolute atomic E-state index is 11.5. The van der Waals surface area contributed by atoms with E-state index >= 15 is 0 Å². The first-order valence-corrected chi connectivity index (χ1v) is 5.05. The molecular formula is C10H12N4O3. The molecule has 2 N–H and O–H groups in total. The number of nitrogen functional groups attached to an aromatic ring is 1. The molecule has 0 atom stereocenters. The zero-order valence-corrected chi connectivity index (χ0v) is 9.51. The van der Waals surface area contributed by atoms with Gasteiger partial charge >= 0.3 is 5.97 Å². The van der Waals surface area contributed by atoms with E-state index < -0.39 is 5.97 Å². The van der Waals surface area contributed by atoms with E-state index in [4.69, 9.17) is 14.9 Å². The number of nitrogens with zero attached hydrogens (tertiary/aromatic N) is 3. The van der Waals surface area contributed by atoms with E-state index in [1.165, 1.54) is 0 Å². The lowest BCUT2D eigenvalue weighted by molar-refractivity contribution is 0.0521. The first-order valence-electron chi connectivity index (χ1n) is 5.05. The lowest BCUT2D eigenvalue weighted by atomic mass is 10.4. The van der Waals surface area contributed by atoms with Crippen LogP contribution in [0.4, 0.5) is 5.88 Å². The summed E-state index contributed by atoms with van der Waals surface area (Å²) in [6, 6.07) is 1.71. The number of aryl methyl sites for hydroxylation is 1. The quantitative estimate of drug-likeness (QED) is 0.793. The molecule has 0 aromatic carbocycles. The number of ether oxygens (including phenoxy) is 1. The van der Waals surface area contributed by atoms with Gasteiger partial charge in [0.15, 0.2) is 0 Å². The van der Waals surface area contributed by atoms with E-state index in [0.29, 0.717) is 5.69 Å². The summed E-state index contributed by atoms with van der Waals surface area (Å²) in [5.74, 6) is -0.410.